The standard InChI is InChI=1S/C14H19N3O4/c1-11-2-3-12(17(20)21)10-13(11)14(19)16-6-4-15(5-7-16)8-9-18/h2-3,10,18H,4-9H2,1H3. The van der Waals surface area contributed by atoms with Crippen molar-refractivity contribution in [1.29, 1.82) is 0 Å². The van der Waals surface area contributed by atoms with Crippen LogP contribution in [-0.2, 0) is 0 Å². The number of carbonyl (C=O) groups is 1. The third-order valence-electron chi connectivity index (χ3n) is 3.74. The van der Waals surface area contributed by atoms with E-state index < -0.39 is 4.92 Å². The van der Waals surface area contributed by atoms with Crippen LogP contribution in [0.5, 0.6) is 0 Å². The highest BCUT2D eigenvalue weighted by atomic mass is 16.6. The molecule has 21 heavy (non-hydrogen) atoms. The van der Waals surface area contributed by atoms with E-state index in [9.17, 15) is 14.9 Å². The molecule has 1 aromatic rings. The Bertz CT molecular complexity index is 539. The summed E-state index contributed by atoms with van der Waals surface area (Å²) in [4.78, 5) is 26.6. The summed E-state index contributed by atoms with van der Waals surface area (Å²) in [6.07, 6.45) is 0. The van der Waals surface area contributed by atoms with Gasteiger partial charge >= 0.3 is 0 Å². The predicted octanol–water partition coefficient (Wildman–Crippen LogP) is 0.653. The zero-order chi connectivity index (χ0) is 15.4. The molecule has 1 aliphatic rings. The number of aliphatic hydroxyl groups is 1. The Hall–Kier alpha value is -1.99. The van der Waals surface area contributed by atoms with E-state index in [4.69, 9.17) is 5.11 Å². The van der Waals surface area contributed by atoms with Gasteiger partial charge in [-0.3, -0.25) is 19.8 Å². The van der Waals surface area contributed by atoms with Gasteiger partial charge in [0.2, 0.25) is 0 Å². The Morgan fingerprint density at radius 2 is 2.00 bits per heavy atom. The molecule has 0 aromatic heterocycles. The Kier molecular flexibility index (Phi) is 4.87. The van der Waals surface area contributed by atoms with Gasteiger partial charge in [-0.2, -0.15) is 0 Å². The number of nitro benzene ring substituents is 1. The van der Waals surface area contributed by atoms with Gasteiger partial charge in [-0.25, -0.2) is 0 Å². The molecule has 0 atom stereocenters. The number of amides is 1. The Labute approximate surface area is 122 Å². The van der Waals surface area contributed by atoms with Crippen LogP contribution >= 0.6 is 0 Å². The van der Waals surface area contributed by atoms with Gasteiger partial charge in [-0.1, -0.05) is 6.07 Å². The fourth-order valence-corrected chi connectivity index (χ4v) is 2.44. The summed E-state index contributed by atoms with van der Waals surface area (Å²) in [5.41, 5.74) is 1.06. The lowest BCUT2D eigenvalue weighted by molar-refractivity contribution is -0.384. The van der Waals surface area contributed by atoms with E-state index >= 15 is 0 Å². The minimum Gasteiger partial charge on any atom is -0.395 e. The van der Waals surface area contributed by atoms with Gasteiger partial charge in [0.1, 0.15) is 0 Å². The minimum absolute atomic E-state index is 0.0668. The first-order chi connectivity index (χ1) is 10.0. The van der Waals surface area contributed by atoms with Gasteiger partial charge in [0.15, 0.2) is 0 Å². The van der Waals surface area contributed by atoms with E-state index in [0.717, 1.165) is 5.56 Å². The normalized spacial score (nSPS) is 16.0. The molecule has 7 nitrogen and oxygen atoms in total. The molecule has 1 aromatic carbocycles. The number of β-amino-alcohol motifs (C(OH)–C–C–N with tert-alkyl or cyclic N) is 1. The second-order valence-corrected chi connectivity index (χ2v) is 5.11. The topological polar surface area (TPSA) is 86.9 Å². The van der Waals surface area contributed by atoms with Crippen molar-refractivity contribution in [2.45, 2.75) is 6.92 Å². The van der Waals surface area contributed by atoms with Crippen molar-refractivity contribution in [3.05, 3.63) is 39.4 Å². The number of benzene rings is 1. The number of aryl methyl sites for hydroxylation is 1. The molecule has 1 N–H and O–H groups in total. The summed E-state index contributed by atoms with van der Waals surface area (Å²) >= 11 is 0. The second kappa shape index (κ2) is 6.64. The third-order valence-corrected chi connectivity index (χ3v) is 3.74. The molecule has 7 heteroatoms. The maximum atomic E-state index is 12.5. The first kappa shape index (κ1) is 15.4. The van der Waals surface area contributed by atoms with Gasteiger partial charge in [0.25, 0.3) is 11.6 Å². The average Bonchev–Trinajstić information content (AvgIpc) is 2.48. The Morgan fingerprint density at radius 3 is 2.57 bits per heavy atom. The van der Waals surface area contributed by atoms with Crippen LogP contribution in [0.25, 0.3) is 0 Å². The van der Waals surface area contributed by atoms with E-state index in [2.05, 4.69) is 4.90 Å². The highest BCUT2D eigenvalue weighted by molar-refractivity contribution is 5.96. The highest BCUT2D eigenvalue weighted by Gasteiger charge is 2.24. The molecule has 1 aliphatic heterocycles. The minimum atomic E-state index is -0.491. The first-order valence-electron chi connectivity index (χ1n) is 6.90. The Morgan fingerprint density at radius 1 is 1.33 bits per heavy atom. The number of nitro groups is 1. The molecule has 0 bridgehead atoms. The van der Waals surface area contributed by atoms with Gasteiger partial charge in [0.05, 0.1) is 11.5 Å². The fraction of sp³-hybridized carbons (Fsp3) is 0.500. The van der Waals surface area contributed by atoms with Crippen LogP contribution in [-0.4, -0.2) is 65.1 Å². The summed E-state index contributed by atoms with van der Waals surface area (Å²) < 4.78 is 0. The van der Waals surface area contributed by atoms with Crippen LogP contribution in [0.3, 0.4) is 0 Å². The van der Waals surface area contributed by atoms with Gasteiger partial charge < -0.3 is 10.0 Å². The number of hydrogen-bond acceptors (Lipinski definition) is 5. The molecule has 114 valence electrons. The summed E-state index contributed by atoms with van der Waals surface area (Å²) in [5.74, 6) is -0.167. The van der Waals surface area contributed by atoms with E-state index in [0.29, 0.717) is 38.3 Å². The lowest BCUT2D eigenvalue weighted by Crippen LogP contribution is -2.49. The number of hydrogen-bond donors (Lipinski definition) is 1. The molecule has 0 unspecified atom stereocenters. The number of piperazine rings is 1. The molecular weight excluding hydrogens is 274 g/mol. The monoisotopic (exact) mass is 293 g/mol. The van der Waals surface area contributed by atoms with Crippen LogP contribution in [0.2, 0.25) is 0 Å². The quantitative estimate of drug-likeness (QED) is 0.650. The van der Waals surface area contributed by atoms with Gasteiger partial charge in [-0.15, -0.1) is 0 Å². The predicted molar refractivity (Wildman–Crippen MR) is 77.3 cm³/mol. The van der Waals surface area contributed by atoms with Crippen LogP contribution in [0.1, 0.15) is 15.9 Å². The van der Waals surface area contributed by atoms with Crippen molar-refractivity contribution in [1.82, 2.24) is 9.80 Å². The lowest BCUT2D eigenvalue weighted by atomic mass is 10.1. The summed E-state index contributed by atoms with van der Waals surface area (Å²) in [6.45, 7) is 5.05. The zero-order valence-corrected chi connectivity index (χ0v) is 12.0. The van der Waals surface area contributed by atoms with Gasteiger partial charge in [0, 0.05) is 50.4 Å². The average molecular weight is 293 g/mol. The van der Waals surface area contributed by atoms with E-state index in [1.54, 1.807) is 17.9 Å². The molecule has 2 rings (SSSR count). The highest BCUT2D eigenvalue weighted by Crippen LogP contribution is 2.19. The van der Waals surface area contributed by atoms with Crippen LogP contribution < -0.4 is 0 Å². The molecule has 1 saturated heterocycles. The molecule has 0 spiro atoms. The van der Waals surface area contributed by atoms with Crippen molar-refractivity contribution >= 4 is 11.6 Å². The smallest absolute Gasteiger partial charge is 0.270 e. The maximum Gasteiger partial charge on any atom is 0.270 e. The first-order valence-corrected chi connectivity index (χ1v) is 6.90. The summed E-state index contributed by atoms with van der Waals surface area (Å²) in [5, 5.41) is 19.7. The van der Waals surface area contributed by atoms with E-state index in [-0.39, 0.29) is 18.2 Å². The number of non-ortho nitro benzene ring substituents is 1. The fourth-order valence-electron chi connectivity index (χ4n) is 2.44. The second-order valence-electron chi connectivity index (χ2n) is 5.11. The zero-order valence-electron chi connectivity index (χ0n) is 12.0. The summed E-state index contributed by atoms with van der Waals surface area (Å²) in [7, 11) is 0. The number of aliphatic hydroxyl groups excluding tert-OH is 1. The molecule has 1 amide bonds. The molecule has 0 aliphatic carbocycles. The van der Waals surface area contributed by atoms with Crippen molar-refractivity contribution in [3.8, 4) is 0 Å². The number of carbonyl (C=O) groups excluding carboxylic acids is 1. The van der Waals surface area contributed by atoms with Crippen molar-refractivity contribution < 1.29 is 14.8 Å². The maximum absolute atomic E-state index is 12.5. The molecule has 0 radical (unpaired) electrons. The van der Waals surface area contributed by atoms with Crippen molar-refractivity contribution in [2.75, 3.05) is 39.3 Å². The Balaban J connectivity index is 2.10. The van der Waals surface area contributed by atoms with Crippen LogP contribution in [0.15, 0.2) is 18.2 Å². The third kappa shape index (κ3) is 3.56. The van der Waals surface area contributed by atoms with E-state index in [1.165, 1.54) is 12.1 Å². The van der Waals surface area contributed by atoms with Crippen LogP contribution in [0.4, 0.5) is 5.69 Å². The SMILES string of the molecule is Cc1ccc([N+](=O)[O-])cc1C(=O)N1CCN(CCO)CC1. The molecule has 0 saturated carbocycles. The lowest BCUT2D eigenvalue weighted by Gasteiger charge is -2.34. The largest absolute Gasteiger partial charge is 0.395 e. The molecule has 1 fully saturated rings. The van der Waals surface area contributed by atoms with Crippen molar-refractivity contribution in [3.63, 3.8) is 0 Å². The van der Waals surface area contributed by atoms with Crippen LogP contribution in [0, 0.1) is 17.0 Å². The number of nitrogens with zero attached hydrogens (tertiary/aromatic N) is 3. The molecular formula is C14H19N3O4. The van der Waals surface area contributed by atoms with E-state index in [1.807, 2.05) is 0 Å². The number of rotatable bonds is 4. The van der Waals surface area contributed by atoms with Gasteiger partial charge in [-0.05, 0) is 12.5 Å². The summed E-state index contributed by atoms with van der Waals surface area (Å²) in [6, 6.07) is 4.36. The molecule has 1 heterocycles. The van der Waals surface area contributed by atoms with Crippen molar-refractivity contribution in [2.24, 2.45) is 0 Å².